The summed E-state index contributed by atoms with van der Waals surface area (Å²) in [6.07, 6.45) is 0. The van der Waals surface area contributed by atoms with Gasteiger partial charge in [-0.1, -0.05) is 0 Å². The Balaban J connectivity index is 3.03. The molecule has 2 N–H and O–H groups in total. The summed E-state index contributed by atoms with van der Waals surface area (Å²) in [5.74, 6) is 0. The van der Waals surface area contributed by atoms with Gasteiger partial charge in [0.25, 0.3) is 5.69 Å². The van der Waals surface area contributed by atoms with Crippen LogP contribution in [0.1, 0.15) is 20.8 Å². The Hall–Kier alpha value is -1.78. The number of nitrogens with zero attached hydrogens (tertiary/aromatic N) is 1. The lowest BCUT2D eigenvalue weighted by atomic mass is 10.2. The molecule has 0 unspecified atom stereocenters. The van der Waals surface area contributed by atoms with E-state index in [4.69, 9.17) is 0 Å². The molecule has 0 aliphatic rings. The lowest BCUT2D eigenvalue weighted by Gasteiger charge is -2.11. The van der Waals surface area contributed by atoms with Gasteiger partial charge in [0.1, 0.15) is 0 Å². The van der Waals surface area contributed by atoms with Crippen molar-refractivity contribution < 1.29 is 4.92 Å². The molecule has 0 aliphatic heterocycles. The first-order valence-electron chi connectivity index (χ1n) is 5.32. The Bertz CT molecular complexity index is 377. The number of rotatable bonds is 5. The first-order valence-corrected chi connectivity index (χ1v) is 5.32. The number of nitro groups is 1. The van der Waals surface area contributed by atoms with Crippen LogP contribution in [0.15, 0.2) is 18.2 Å². The summed E-state index contributed by atoms with van der Waals surface area (Å²) in [5, 5.41) is 17.0. The average Bonchev–Trinajstić information content (AvgIpc) is 2.16. The highest BCUT2D eigenvalue weighted by Gasteiger charge is 2.09. The van der Waals surface area contributed by atoms with Crippen LogP contribution in [0.4, 0.5) is 17.1 Å². The second kappa shape index (κ2) is 5.34. The summed E-state index contributed by atoms with van der Waals surface area (Å²) in [4.78, 5) is 10.4. The normalized spacial score (nSPS) is 10.2. The van der Waals surface area contributed by atoms with Crippen molar-refractivity contribution in [2.24, 2.45) is 0 Å². The highest BCUT2D eigenvalue weighted by Crippen LogP contribution is 2.24. The zero-order valence-corrected chi connectivity index (χ0v) is 9.78. The molecule has 0 saturated heterocycles. The molecule has 0 bridgehead atoms. The highest BCUT2D eigenvalue weighted by molar-refractivity contribution is 5.63. The van der Waals surface area contributed by atoms with Crippen molar-refractivity contribution in [3.63, 3.8) is 0 Å². The lowest BCUT2D eigenvalue weighted by Crippen LogP contribution is -2.10. The quantitative estimate of drug-likeness (QED) is 0.595. The van der Waals surface area contributed by atoms with E-state index in [1.807, 2.05) is 26.8 Å². The van der Waals surface area contributed by atoms with E-state index in [1.165, 1.54) is 6.07 Å². The third kappa shape index (κ3) is 3.42. The van der Waals surface area contributed by atoms with Crippen LogP contribution in [0.3, 0.4) is 0 Å². The Morgan fingerprint density at radius 2 is 1.94 bits per heavy atom. The second-order valence-electron chi connectivity index (χ2n) is 3.86. The zero-order valence-electron chi connectivity index (χ0n) is 9.78. The Morgan fingerprint density at radius 3 is 2.44 bits per heavy atom. The van der Waals surface area contributed by atoms with E-state index in [0.29, 0.717) is 0 Å². The summed E-state index contributed by atoms with van der Waals surface area (Å²) >= 11 is 0. The molecular formula is C11H17N3O2. The monoisotopic (exact) mass is 223 g/mol. The van der Waals surface area contributed by atoms with Gasteiger partial charge in [0, 0.05) is 36.1 Å². The van der Waals surface area contributed by atoms with Gasteiger partial charge in [-0.3, -0.25) is 10.1 Å². The number of benzene rings is 1. The van der Waals surface area contributed by atoms with E-state index in [2.05, 4.69) is 10.6 Å². The summed E-state index contributed by atoms with van der Waals surface area (Å²) in [7, 11) is 0. The maximum Gasteiger partial charge on any atom is 0.273 e. The predicted molar refractivity (Wildman–Crippen MR) is 66.0 cm³/mol. The van der Waals surface area contributed by atoms with Crippen LogP contribution in [0, 0.1) is 10.1 Å². The van der Waals surface area contributed by atoms with Crippen molar-refractivity contribution in [3.8, 4) is 0 Å². The van der Waals surface area contributed by atoms with E-state index in [9.17, 15) is 10.1 Å². The van der Waals surface area contributed by atoms with Gasteiger partial charge in [-0.2, -0.15) is 0 Å². The first kappa shape index (κ1) is 12.3. The maximum atomic E-state index is 10.7. The van der Waals surface area contributed by atoms with E-state index in [1.54, 1.807) is 6.07 Å². The van der Waals surface area contributed by atoms with Crippen molar-refractivity contribution in [3.05, 3.63) is 28.3 Å². The molecular weight excluding hydrogens is 206 g/mol. The fourth-order valence-electron chi connectivity index (χ4n) is 1.44. The van der Waals surface area contributed by atoms with Crippen molar-refractivity contribution >= 4 is 17.1 Å². The molecule has 0 spiro atoms. The van der Waals surface area contributed by atoms with Crippen LogP contribution in [-0.2, 0) is 0 Å². The minimum absolute atomic E-state index is 0.0987. The van der Waals surface area contributed by atoms with E-state index < -0.39 is 0 Å². The fourth-order valence-corrected chi connectivity index (χ4v) is 1.44. The van der Waals surface area contributed by atoms with Gasteiger partial charge in [0.05, 0.1) is 4.92 Å². The molecule has 88 valence electrons. The topological polar surface area (TPSA) is 67.2 Å². The summed E-state index contributed by atoms with van der Waals surface area (Å²) in [6, 6.07) is 5.20. The zero-order chi connectivity index (χ0) is 12.1. The van der Waals surface area contributed by atoms with Crippen LogP contribution >= 0.6 is 0 Å². The Morgan fingerprint density at radius 1 is 1.31 bits per heavy atom. The van der Waals surface area contributed by atoms with E-state index in [0.717, 1.165) is 17.9 Å². The van der Waals surface area contributed by atoms with Crippen molar-refractivity contribution in [2.45, 2.75) is 26.8 Å². The predicted octanol–water partition coefficient (Wildman–Crippen LogP) is 2.85. The number of non-ortho nitro benzene ring substituents is 1. The molecule has 16 heavy (non-hydrogen) atoms. The molecule has 5 heteroatoms. The van der Waals surface area contributed by atoms with Gasteiger partial charge < -0.3 is 10.6 Å². The number of nitrogens with one attached hydrogen (secondary N) is 2. The van der Waals surface area contributed by atoms with Gasteiger partial charge in [0.15, 0.2) is 0 Å². The van der Waals surface area contributed by atoms with Crippen LogP contribution in [-0.4, -0.2) is 17.5 Å². The molecule has 0 amide bonds. The number of nitro benzene ring substituents is 1. The van der Waals surface area contributed by atoms with Crippen molar-refractivity contribution in [1.29, 1.82) is 0 Å². The molecule has 1 aromatic rings. The van der Waals surface area contributed by atoms with Crippen LogP contribution in [0.5, 0.6) is 0 Å². The smallest absolute Gasteiger partial charge is 0.273 e. The minimum atomic E-state index is -0.383. The van der Waals surface area contributed by atoms with Crippen LogP contribution in [0.2, 0.25) is 0 Å². The molecule has 0 fully saturated rings. The van der Waals surface area contributed by atoms with Crippen LogP contribution < -0.4 is 10.6 Å². The lowest BCUT2D eigenvalue weighted by molar-refractivity contribution is -0.384. The van der Waals surface area contributed by atoms with Crippen molar-refractivity contribution in [1.82, 2.24) is 0 Å². The average molecular weight is 223 g/mol. The van der Waals surface area contributed by atoms with E-state index >= 15 is 0 Å². The summed E-state index contributed by atoms with van der Waals surface area (Å²) < 4.78 is 0. The highest BCUT2D eigenvalue weighted by atomic mass is 16.6. The SMILES string of the molecule is CCNc1cc(NC(C)C)cc([N+](=O)[O-])c1. The largest absolute Gasteiger partial charge is 0.385 e. The Labute approximate surface area is 95.0 Å². The molecule has 0 aromatic heterocycles. The molecule has 0 heterocycles. The molecule has 0 saturated carbocycles. The molecule has 0 radical (unpaired) electrons. The molecule has 1 rings (SSSR count). The van der Waals surface area contributed by atoms with E-state index in [-0.39, 0.29) is 16.7 Å². The molecule has 0 aliphatic carbocycles. The third-order valence-electron chi connectivity index (χ3n) is 1.96. The summed E-state index contributed by atoms with van der Waals surface area (Å²) in [6.45, 7) is 6.67. The number of anilines is 2. The molecule has 1 aromatic carbocycles. The second-order valence-corrected chi connectivity index (χ2v) is 3.86. The molecule has 0 atom stereocenters. The standard InChI is InChI=1S/C11H17N3O2/c1-4-12-9-5-10(13-8(2)3)7-11(6-9)14(15)16/h5-8,12-13H,4H2,1-3H3. The fraction of sp³-hybridized carbons (Fsp3) is 0.455. The Kier molecular flexibility index (Phi) is 4.10. The number of hydrogen-bond acceptors (Lipinski definition) is 4. The first-order chi connectivity index (χ1) is 7.52. The van der Waals surface area contributed by atoms with Crippen molar-refractivity contribution in [2.75, 3.05) is 17.2 Å². The van der Waals surface area contributed by atoms with Gasteiger partial charge in [-0.25, -0.2) is 0 Å². The van der Waals surface area contributed by atoms with Gasteiger partial charge in [0.2, 0.25) is 0 Å². The van der Waals surface area contributed by atoms with Gasteiger partial charge in [-0.15, -0.1) is 0 Å². The van der Waals surface area contributed by atoms with Gasteiger partial charge in [-0.05, 0) is 26.8 Å². The number of hydrogen-bond donors (Lipinski definition) is 2. The minimum Gasteiger partial charge on any atom is -0.385 e. The van der Waals surface area contributed by atoms with Crippen LogP contribution in [0.25, 0.3) is 0 Å². The summed E-state index contributed by atoms with van der Waals surface area (Å²) in [5.41, 5.74) is 1.63. The maximum absolute atomic E-state index is 10.7. The third-order valence-corrected chi connectivity index (χ3v) is 1.96. The molecule has 5 nitrogen and oxygen atoms in total. The van der Waals surface area contributed by atoms with Gasteiger partial charge >= 0.3 is 0 Å².